The number of benzene rings is 1. The van der Waals surface area contributed by atoms with Crippen molar-refractivity contribution in [3.63, 3.8) is 0 Å². The van der Waals surface area contributed by atoms with Gasteiger partial charge in [-0.05, 0) is 28.1 Å². The van der Waals surface area contributed by atoms with E-state index in [1.54, 1.807) is 0 Å². The summed E-state index contributed by atoms with van der Waals surface area (Å²) in [7, 11) is 0. The molecule has 0 fully saturated rings. The maximum Gasteiger partial charge on any atom is 0.346 e. The van der Waals surface area contributed by atoms with Gasteiger partial charge in [-0.15, -0.1) is 6.58 Å². The van der Waals surface area contributed by atoms with E-state index in [9.17, 15) is 27.1 Å². The fourth-order valence-electron chi connectivity index (χ4n) is 2.24. The second-order valence-corrected chi connectivity index (χ2v) is 5.08. The highest BCUT2D eigenvalue weighted by Gasteiger charge is 2.76. The van der Waals surface area contributed by atoms with Crippen molar-refractivity contribution in [1.29, 1.82) is 0 Å². The van der Waals surface area contributed by atoms with E-state index in [0.717, 1.165) is 6.08 Å². The Kier molecular flexibility index (Phi) is 3.06. The van der Waals surface area contributed by atoms with Crippen molar-refractivity contribution in [1.82, 2.24) is 0 Å². The predicted octanol–water partition coefficient (Wildman–Crippen LogP) is 4.09. The summed E-state index contributed by atoms with van der Waals surface area (Å²) in [6.07, 6.45) is 0.0566. The molecule has 0 radical (unpaired) electrons. The van der Waals surface area contributed by atoms with Crippen LogP contribution in [0.25, 0.3) is 0 Å². The summed E-state index contributed by atoms with van der Waals surface area (Å²) in [5, 5.41) is 10.0. The molecular formula is C12H8BrF5O. The van der Waals surface area contributed by atoms with E-state index in [4.69, 9.17) is 0 Å². The molecule has 1 nitrogen and oxygen atoms in total. The van der Waals surface area contributed by atoms with Crippen LogP contribution in [0.4, 0.5) is 22.0 Å². The summed E-state index contributed by atoms with van der Waals surface area (Å²) >= 11 is 2.64. The van der Waals surface area contributed by atoms with Gasteiger partial charge in [0.15, 0.2) is 5.60 Å². The Hall–Kier alpha value is -0.950. The lowest BCUT2D eigenvalue weighted by Crippen LogP contribution is -2.48. The van der Waals surface area contributed by atoms with E-state index in [1.165, 1.54) is 0 Å². The third kappa shape index (κ3) is 1.54. The molecule has 0 heterocycles. The van der Waals surface area contributed by atoms with Crippen molar-refractivity contribution in [3.8, 4) is 0 Å². The molecule has 1 aromatic carbocycles. The van der Waals surface area contributed by atoms with Gasteiger partial charge in [0.1, 0.15) is 5.82 Å². The molecule has 19 heavy (non-hydrogen) atoms. The lowest BCUT2D eigenvalue weighted by Gasteiger charge is -2.31. The van der Waals surface area contributed by atoms with Crippen LogP contribution < -0.4 is 0 Å². The van der Waals surface area contributed by atoms with E-state index in [0.29, 0.717) is 12.1 Å². The second-order valence-electron chi connectivity index (χ2n) is 4.29. The van der Waals surface area contributed by atoms with Gasteiger partial charge >= 0.3 is 11.8 Å². The zero-order valence-electron chi connectivity index (χ0n) is 9.36. The molecule has 7 heteroatoms. The molecule has 0 unspecified atom stereocenters. The number of alkyl halides is 4. The minimum atomic E-state index is -4.76. The number of fused-ring (bicyclic) bond motifs is 1. The fraction of sp³-hybridized carbons (Fsp3) is 0.333. The monoisotopic (exact) mass is 342 g/mol. The molecule has 0 bridgehead atoms. The predicted molar refractivity (Wildman–Crippen MR) is 61.7 cm³/mol. The zero-order chi connectivity index (χ0) is 14.6. The van der Waals surface area contributed by atoms with Gasteiger partial charge in [0.2, 0.25) is 0 Å². The molecule has 1 aliphatic rings. The minimum Gasteiger partial charge on any atom is -0.378 e. The van der Waals surface area contributed by atoms with Crippen molar-refractivity contribution in [2.45, 2.75) is 23.9 Å². The van der Waals surface area contributed by atoms with E-state index in [1.807, 2.05) is 0 Å². The number of aliphatic hydroxyl groups is 1. The van der Waals surface area contributed by atoms with Crippen molar-refractivity contribution in [2.24, 2.45) is 0 Å². The van der Waals surface area contributed by atoms with Crippen LogP contribution in [0.5, 0.6) is 0 Å². The number of halogens is 6. The quantitative estimate of drug-likeness (QED) is 0.634. The first-order valence-corrected chi connectivity index (χ1v) is 5.98. The van der Waals surface area contributed by atoms with Gasteiger partial charge in [0.25, 0.3) is 0 Å². The van der Waals surface area contributed by atoms with Gasteiger partial charge in [0.05, 0.1) is 4.47 Å². The van der Waals surface area contributed by atoms with Crippen molar-refractivity contribution < 1.29 is 27.1 Å². The molecule has 0 saturated carbocycles. The summed E-state index contributed by atoms with van der Waals surface area (Å²) in [5.41, 5.74) is -5.12. The highest BCUT2D eigenvalue weighted by Crippen LogP contribution is 2.63. The normalized spacial score (nSPS) is 27.1. The first-order chi connectivity index (χ1) is 8.61. The maximum atomic E-state index is 13.9. The molecule has 0 spiro atoms. The Morgan fingerprint density at radius 1 is 1.26 bits per heavy atom. The Bertz CT molecular complexity index is 557. The van der Waals surface area contributed by atoms with Crippen molar-refractivity contribution in [3.05, 3.63) is 46.2 Å². The number of rotatable bonds is 2. The molecule has 1 N–H and O–H groups in total. The smallest absolute Gasteiger partial charge is 0.346 e. The Labute approximate surface area is 113 Å². The highest BCUT2D eigenvalue weighted by molar-refractivity contribution is 9.10. The average molecular weight is 343 g/mol. The van der Waals surface area contributed by atoms with Crippen LogP contribution in [0.15, 0.2) is 29.3 Å². The molecule has 1 aliphatic carbocycles. The van der Waals surface area contributed by atoms with Crippen LogP contribution in [0, 0.1) is 5.82 Å². The highest BCUT2D eigenvalue weighted by atomic mass is 79.9. The number of hydrogen-bond donors (Lipinski definition) is 1. The first kappa shape index (κ1) is 14.5. The molecule has 0 aliphatic heterocycles. The molecule has 2 rings (SSSR count). The topological polar surface area (TPSA) is 20.2 Å². The van der Waals surface area contributed by atoms with Crippen LogP contribution in [0.3, 0.4) is 0 Å². The van der Waals surface area contributed by atoms with Crippen molar-refractivity contribution in [2.75, 3.05) is 0 Å². The zero-order valence-corrected chi connectivity index (χ0v) is 10.9. The molecule has 104 valence electrons. The molecule has 1 atom stereocenters. The van der Waals surface area contributed by atoms with Crippen LogP contribution in [0.2, 0.25) is 0 Å². The summed E-state index contributed by atoms with van der Waals surface area (Å²) in [5.74, 6) is -10.3. The van der Waals surface area contributed by atoms with E-state index in [2.05, 4.69) is 22.5 Å². The molecular weight excluding hydrogens is 335 g/mol. The second kappa shape index (κ2) is 4.02. The maximum absolute atomic E-state index is 13.9. The molecule has 0 aromatic heterocycles. The third-order valence-corrected chi connectivity index (χ3v) is 3.98. The lowest BCUT2D eigenvalue weighted by atomic mass is 9.89. The van der Waals surface area contributed by atoms with Gasteiger partial charge in [-0.2, -0.15) is 17.6 Å². The van der Waals surface area contributed by atoms with E-state index >= 15 is 0 Å². The van der Waals surface area contributed by atoms with Crippen LogP contribution in [-0.4, -0.2) is 11.0 Å². The summed E-state index contributed by atoms with van der Waals surface area (Å²) in [6.45, 7) is 3.16. The van der Waals surface area contributed by atoms with Crippen LogP contribution >= 0.6 is 15.9 Å². The average Bonchev–Trinajstić information content (AvgIpc) is 2.41. The summed E-state index contributed by atoms with van der Waals surface area (Å²) in [4.78, 5) is 0. The minimum absolute atomic E-state index is 0.560. The van der Waals surface area contributed by atoms with E-state index in [-0.39, 0.29) is 0 Å². The van der Waals surface area contributed by atoms with Gasteiger partial charge < -0.3 is 5.11 Å². The first-order valence-electron chi connectivity index (χ1n) is 5.19. The van der Waals surface area contributed by atoms with Gasteiger partial charge in [-0.1, -0.05) is 6.08 Å². The van der Waals surface area contributed by atoms with Crippen LogP contribution in [-0.2, 0) is 11.5 Å². The molecule has 0 amide bonds. The van der Waals surface area contributed by atoms with Gasteiger partial charge in [0, 0.05) is 17.5 Å². The lowest BCUT2D eigenvalue weighted by molar-refractivity contribution is -0.285. The molecule has 0 saturated heterocycles. The third-order valence-electron chi connectivity index (χ3n) is 3.20. The van der Waals surface area contributed by atoms with E-state index < -0.39 is 45.3 Å². The summed E-state index contributed by atoms with van der Waals surface area (Å²) < 4.78 is 68.1. The Morgan fingerprint density at radius 2 is 1.84 bits per heavy atom. The Balaban J connectivity index is 2.87. The SMILES string of the molecule is C=CC[C@@]1(O)c2c(ccc(F)c2Br)C(F)(F)C1(F)F. The summed E-state index contributed by atoms with van der Waals surface area (Å²) in [6, 6.07) is 1.21. The van der Waals surface area contributed by atoms with Crippen molar-refractivity contribution >= 4 is 15.9 Å². The standard InChI is InChI=1S/C12H8BrF5O/c1-2-5-10(19)8-6(3-4-7(14)9(8)13)11(15,16)12(10,17)18/h2-4,19H,1,5H2/t10-/m1/s1. The van der Waals surface area contributed by atoms with Gasteiger partial charge in [-0.25, -0.2) is 4.39 Å². The number of hydrogen-bond acceptors (Lipinski definition) is 1. The van der Waals surface area contributed by atoms with Gasteiger partial charge in [-0.3, -0.25) is 0 Å². The fourth-order valence-corrected chi connectivity index (χ4v) is 2.92. The largest absolute Gasteiger partial charge is 0.378 e. The molecule has 1 aromatic rings. The Morgan fingerprint density at radius 3 is 2.37 bits per heavy atom. The van der Waals surface area contributed by atoms with Crippen LogP contribution in [0.1, 0.15) is 17.5 Å².